The highest BCUT2D eigenvalue weighted by Crippen LogP contribution is 2.31. The Bertz CT molecular complexity index is 299. The number of rotatable bonds is 14. The van der Waals surface area contributed by atoms with E-state index in [1.165, 1.54) is 70.3 Å². The number of hydrogen-bond donors (Lipinski definition) is 1. The van der Waals surface area contributed by atoms with Gasteiger partial charge in [-0.3, -0.25) is 0 Å². The van der Waals surface area contributed by atoms with Gasteiger partial charge in [-0.05, 0) is 25.7 Å². The molecule has 1 aliphatic rings. The Hall–Kier alpha value is -0.830. The maximum atomic E-state index is 10.3. The second kappa shape index (κ2) is 11.8. The number of hydrogen-bond acceptors (Lipinski definition) is 2. The van der Waals surface area contributed by atoms with E-state index in [0.29, 0.717) is 12.2 Å². The molecule has 1 N–H and O–H groups in total. The molecule has 0 aromatic carbocycles. The van der Waals surface area contributed by atoms with E-state index in [1.54, 1.807) is 6.08 Å². The third-order valence-corrected chi connectivity index (χ3v) is 4.15. The highest BCUT2D eigenvalue weighted by molar-refractivity contribution is 5.79. The maximum absolute atomic E-state index is 10.3. The largest absolute Gasteiger partial charge is 0.478 e. The van der Waals surface area contributed by atoms with E-state index in [1.807, 2.05) is 0 Å². The Morgan fingerprint density at radius 2 is 1.52 bits per heavy atom. The standard InChI is InChI=1S/C18H32O3/c1-2-3-4-5-7-10-13-16-17(21-16)14-11-8-6-9-12-15-18(19)20/h12,15-17H,2-11,13-14H2,1H3,(H,19,20)/b15-12-/t16-,17+/m0/s1. The SMILES string of the molecule is CCCCCCCC[C@@H]1O[C@@H]1CCCCC/C=C\C(=O)O. The predicted octanol–water partition coefficient (Wildman–Crippen LogP) is 5.10. The summed E-state index contributed by atoms with van der Waals surface area (Å²) >= 11 is 0. The van der Waals surface area contributed by atoms with Crippen molar-refractivity contribution in [2.45, 2.75) is 96.2 Å². The van der Waals surface area contributed by atoms with Crippen LogP contribution < -0.4 is 0 Å². The fourth-order valence-corrected chi connectivity index (χ4v) is 2.78. The van der Waals surface area contributed by atoms with Crippen molar-refractivity contribution in [2.24, 2.45) is 0 Å². The molecule has 0 unspecified atom stereocenters. The molecule has 0 saturated carbocycles. The van der Waals surface area contributed by atoms with E-state index in [0.717, 1.165) is 12.8 Å². The van der Waals surface area contributed by atoms with Crippen LogP contribution in [0.5, 0.6) is 0 Å². The fourth-order valence-electron chi connectivity index (χ4n) is 2.78. The quantitative estimate of drug-likeness (QED) is 0.276. The first-order valence-corrected chi connectivity index (χ1v) is 8.79. The van der Waals surface area contributed by atoms with Gasteiger partial charge in [0.1, 0.15) is 0 Å². The summed E-state index contributed by atoms with van der Waals surface area (Å²) in [7, 11) is 0. The van der Waals surface area contributed by atoms with E-state index < -0.39 is 5.97 Å². The summed E-state index contributed by atoms with van der Waals surface area (Å²) < 4.78 is 5.71. The lowest BCUT2D eigenvalue weighted by Gasteiger charge is -1.99. The van der Waals surface area contributed by atoms with Crippen LogP contribution in [0.15, 0.2) is 12.2 Å². The Labute approximate surface area is 129 Å². The molecule has 1 rings (SSSR count). The van der Waals surface area contributed by atoms with Gasteiger partial charge in [0.15, 0.2) is 0 Å². The van der Waals surface area contributed by atoms with Gasteiger partial charge in [0.05, 0.1) is 12.2 Å². The van der Waals surface area contributed by atoms with Crippen molar-refractivity contribution in [3.05, 3.63) is 12.2 Å². The average Bonchev–Trinajstić information content (AvgIpc) is 3.20. The fraction of sp³-hybridized carbons (Fsp3) is 0.833. The smallest absolute Gasteiger partial charge is 0.327 e. The van der Waals surface area contributed by atoms with Gasteiger partial charge in [-0.2, -0.15) is 0 Å². The molecule has 0 bridgehead atoms. The highest BCUT2D eigenvalue weighted by Gasteiger charge is 2.36. The second-order valence-corrected chi connectivity index (χ2v) is 6.15. The normalized spacial score (nSPS) is 21.0. The zero-order valence-corrected chi connectivity index (χ0v) is 13.6. The molecule has 0 aromatic rings. The monoisotopic (exact) mass is 296 g/mol. The molecule has 1 aliphatic heterocycles. The van der Waals surface area contributed by atoms with E-state index in [4.69, 9.17) is 9.84 Å². The number of ether oxygens (including phenoxy) is 1. The summed E-state index contributed by atoms with van der Waals surface area (Å²) in [4.78, 5) is 10.3. The first-order valence-electron chi connectivity index (χ1n) is 8.79. The Kier molecular flexibility index (Phi) is 10.2. The molecule has 0 spiro atoms. The van der Waals surface area contributed by atoms with Crippen molar-refractivity contribution >= 4 is 5.97 Å². The minimum atomic E-state index is -0.848. The molecule has 0 amide bonds. The summed E-state index contributed by atoms with van der Waals surface area (Å²) in [6.45, 7) is 2.26. The molecule has 3 heteroatoms. The van der Waals surface area contributed by atoms with E-state index >= 15 is 0 Å². The van der Waals surface area contributed by atoms with Crippen LogP contribution in [0.3, 0.4) is 0 Å². The molecular weight excluding hydrogens is 264 g/mol. The maximum Gasteiger partial charge on any atom is 0.327 e. The van der Waals surface area contributed by atoms with Crippen LogP contribution in [0.4, 0.5) is 0 Å². The minimum absolute atomic E-state index is 0.523. The van der Waals surface area contributed by atoms with E-state index in [-0.39, 0.29) is 0 Å². The molecule has 3 nitrogen and oxygen atoms in total. The molecular formula is C18H32O3. The van der Waals surface area contributed by atoms with Gasteiger partial charge in [-0.1, -0.05) is 64.4 Å². The average molecular weight is 296 g/mol. The molecule has 1 heterocycles. The van der Waals surface area contributed by atoms with Gasteiger partial charge in [-0.25, -0.2) is 4.79 Å². The Balaban J connectivity index is 1.81. The summed E-state index contributed by atoms with van der Waals surface area (Å²) in [6, 6.07) is 0. The van der Waals surface area contributed by atoms with Crippen molar-refractivity contribution in [3.8, 4) is 0 Å². The van der Waals surface area contributed by atoms with Crippen LogP contribution in [0.25, 0.3) is 0 Å². The number of carboxylic acids is 1. The zero-order valence-electron chi connectivity index (χ0n) is 13.6. The predicted molar refractivity (Wildman–Crippen MR) is 86.5 cm³/mol. The van der Waals surface area contributed by atoms with Crippen LogP contribution in [0, 0.1) is 0 Å². The Morgan fingerprint density at radius 1 is 0.952 bits per heavy atom. The summed E-state index contributed by atoms with van der Waals surface area (Å²) in [5.74, 6) is -0.848. The van der Waals surface area contributed by atoms with Crippen molar-refractivity contribution in [2.75, 3.05) is 0 Å². The lowest BCUT2D eigenvalue weighted by molar-refractivity contribution is -0.131. The number of epoxide rings is 1. The van der Waals surface area contributed by atoms with Crippen LogP contribution in [0.2, 0.25) is 0 Å². The van der Waals surface area contributed by atoms with Crippen molar-refractivity contribution < 1.29 is 14.6 Å². The topological polar surface area (TPSA) is 49.8 Å². The van der Waals surface area contributed by atoms with Crippen LogP contribution >= 0.6 is 0 Å². The van der Waals surface area contributed by atoms with Gasteiger partial charge in [0.2, 0.25) is 0 Å². The number of allylic oxidation sites excluding steroid dienone is 1. The van der Waals surface area contributed by atoms with E-state index in [9.17, 15) is 4.79 Å². The number of carbonyl (C=O) groups is 1. The summed E-state index contributed by atoms with van der Waals surface area (Å²) in [6.07, 6.45) is 19.0. The molecule has 21 heavy (non-hydrogen) atoms. The number of unbranched alkanes of at least 4 members (excludes halogenated alkanes) is 8. The van der Waals surface area contributed by atoms with Gasteiger partial charge in [0.25, 0.3) is 0 Å². The van der Waals surface area contributed by atoms with Crippen molar-refractivity contribution in [1.29, 1.82) is 0 Å². The highest BCUT2D eigenvalue weighted by atomic mass is 16.6. The summed E-state index contributed by atoms with van der Waals surface area (Å²) in [5, 5.41) is 8.45. The molecule has 1 saturated heterocycles. The van der Waals surface area contributed by atoms with Gasteiger partial charge in [0, 0.05) is 6.08 Å². The van der Waals surface area contributed by atoms with Gasteiger partial charge >= 0.3 is 5.97 Å². The van der Waals surface area contributed by atoms with Crippen molar-refractivity contribution in [3.63, 3.8) is 0 Å². The zero-order chi connectivity index (χ0) is 15.3. The van der Waals surface area contributed by atoms with Crippen LogP contribution in [0.1, 0.15) is 84.0 Å². The molecule has 0 aliphatic carbocycles. The third kappa shape index (κ3) is 10.5. The van der Waals surface area contributed by atoms with Gasteiger partial charge in [-0.15, -0.1) is 0 Å². The number of aliphatic carboxylic acids is 1. The molecule has 122 valence electrons. The van der Waals surface area contributed by atoms with Gasteiger partial charge < -0.3 is 9.84 Å². The summed E-state index contributed by atoms with van der Waals surface area (Å²) in [5.41, 5.74) is 0. The Morgan fingerprint density at radius 3 is 2.14 bits per heavy atom. The third-order valence-electron chi connectivity index (χ3n) is 4.15. The first-order chi connectivity index (χ1) is 10.2. The molecule has 0 radical (unpaired) electrons. The lowest BCUT2D eigenvalue weighted by Crippen LogP contribution is -1.94. The second-order valence-electron chi connectivity index (χ2n) is 6.15. The van der Waals surface area contributed by atoms with Crippen LogP contribution in [-0.2, 0) is 9.53 Å². The lowest BCUT2D eigenvalue weighted by atomic mass is 10.0. The van der Waals surface area contributed by atoms with Crippen LogP contribution in [-0.4, -0.2) is 23.3 Å². The number of carboxylic acid groups (broad SMARTS) is 1. The molecule has 1 fully saturated rings. The van der Waals surface area contributed by atoms with Crippen molar-refractivity contribution in [1.82, 2.24) is 0 Å². The molecule has 0 aromatic heterocycles. The molecule has 2 atom stereocenters. The minimum Gasteiger partial charge on any atom is -0.478 e. The van der Waals surface area contributed by atoms with E-state index in [2.05, 4.69) is 6.92 Å². The first kappa shape index (κ1) is 18.2.